The summed E-state index contributed by atoms with van der Waals surface area (Å²) in [5, 5.41) is 0. The summed E-state index contributed by atoms with van der Waals surface area (Å²) in [5.74, 6) is 1.23. The Morgan fingerprint density at radius 3 is 2.52 bits per heavy atom. The highest BCUT2D eigenvalue weighted by Crippen LogP contribution is 2.42. The van der Waals surface area contributed by atoms with Crippen LogP contribution < -0.4 is 5.73 Å². The number of carbonyl (C=O) groups excluding carboxylic acids is 1. The molecule has 0 spiro atoms. The van der Waals surface area contributed by atoms with Crippen molar-refractivity contribution in [3.05, 3.63) is 24.0 Å². The number of rotatable bonds is 2. The van der Waals surface area contributed by atoms with Crippen LogP contribution in [0.4, 0.5) is 10.5 Å². The number of hydrogen-bond acceptors (Lipinski definition) is 4. The highest BCUT2D eigenvalue weighted by molar-refractivity contribution is 5.67. The molecule has 2 N–H and O–H groups in total. The van der Waals surface area contributed by atoms with Gasteiger partial charge in [-0.15, -0.1) is 0 Å². The van der Waals surface area contributed by atoms with E-state index in [0.717, 1.165) is 18.5 Å². The van der Waals surface area contributed by atoms with Crippen molar-refractivity contribution in [2.24, 2.45) is 11.8 Å². The van der Waals surface area contributed by atoms with Crippen LogP contribution in [-0.2, 0) is 4.74 Å². The fourth-order valence-corrected chi connectivity index (χ4v) is 3.91. The van der Waals surface area contributed by atoms with Crippen molar-refractivity contribution in [1.82, 2.24) is 9.88 Å². The molecule has 1 aliphatic carbocycles. The number of nitrogen functional groups attached to an aromatic ring is 1. The lowest BCUT2D eigenvalue weighted by Crippen LogP contribution is -2.48. The minimum Gasteiger partial charge on any atom is -0.453 e. The number of nitrogens with two attached hydrogens (primary N) is 1. The van der Waals surface area contributed by atoms with Crippen molar-refractivity contribution in [1.29, 1.82) is 0 Å². The number of pyridine rings is 1. The normalized spacial score (nSPS) is 29.0. The fraction of sp³-hybridized carbons (Fsp3) is 0.625. The van der Waals surface area contributed by atoms with E-state index in [2.05, 4.69) is 18.8 Å². The molecular weight excluding hydrogens is 266 g/mol. The van der Waals surface area contributed by atoms with E-state index < -0.39 is 0 Å². The standard InChI is InChI=1S/C16H25N3O2/c1-10-7-12(13-5-6-18-9-14(13)17)8-11(2)15(10)19(3)16(20)21-4/h5-6,9-12,15H,7-8,17H2,1-4H3/t10-,11+,12?,15?. The molecule has 0 aromatic carbocycles. The average molecular weight is 291 g/mol. The molecule has 1 aromatic heterocycles. The lowest BCUT2D eigenvalue weighted by atomic mass is 9.70. The molecule has 0 aliphatic heterocycles. The zero-order chi connectivity index (χ0) is 15.6. The third-order valence-electron chi connectivity index (χ3n) is 4.72. The number of amides is 1. The van der Waals surface area contributed by atoms with Crippen LogP contribution in [0.2, 0.25) is 0 Å². The van der Waals surface area contributed by atoms with E-state index in [-0.39, 0.29) is 12.1 Å². The average Bonchev–Trinajstić information content (AvgIpc) is 2.45. The highest BCUT2D eigenvalue weighted by atomic mass is 16.5. The second-order valence-electron chi connectivity index (χ2n) is 6.20. The Morgan fingerprint density at radius 2 is 2.00 bits per heavy atom. The Balaban J connectivity index is 2.16. The zero-order valence-corrected chi connectivity index (χ0v) is 13.2. The molecule has 2 rings (SSSR count). The van der Waals surface area contributed by atoms with Crippen molar-refractivity contribution in [3.63, 3.8) is 0 Å². The van der Waals surface area contributed by atoms with Gasteiger partial charge in [0, 0.05) is 19.3 Å². The number of carbonyl (C=O) groups is 1. The fourth-order valence-electron chi connectivity index (χ4n) is 3.91. The summed E-state index contributed by atoms with van der Waals surface area (Å²) < 4.78 is 4.85. The molecule has 1 saturated carbocycles. The van der Waals surface area contributed by atoms with Gasteiger partial charge in [0.2, 0.25) is 0 Å². The van der Waals surface area contributed by atoms with Crippen molar-refractivity contribution in [2.75, 3.05) is 19.9 Å². The third-order valence-corrected chi connectivity index (χ3v) is 4.72. The van der Waals surface area contributed by atoms with Crippen molar-refractivity contribution < 1.29 is 9.53 Å². The van der Waals surface area contributed by atoms with Crippen LogP contribution in [0.3, 0.4) is 0 Å². The topological polar surface area (TPSA) is 68.5 Å². The molecule has 0 bridgehead atoms. The molecule has 1 aromatic rings. The first-order chi connectivity index (χ1) is 9.95. The lowest BCUT2D eigenvalue weighted by Gasteiger charge is -2.43. The van der Waals surface area contributed by atoms with E-state index in [1.807, 2.05) is 13.1 Å². The number of nitrogens with zero attached hydrogens (tertiary/aromatic N) is 2. The number of anilines is 1. The maximum absolute atomic E-state index is 11.8. The van der Waals surface area contributed by atoms with E-state index in [9.17, 15) is 4.79 Å². The van der Waals surface area contributed by atoms with Crippen LogP contribution in [0, 0.1) is 11.8 Å². The van der Waals surface area contributed by atoms with Gasteiger partial charge in [-0.05, 0) is 42.2 Å². The van der Waals surface area contributed by atoms with Crippen LogP contribution in [0.1, 0.15) is 38.2 Å². The molecule has 2 unspecified atom stereocenters. The summed E-state index contributed by atoms with van der Waals surface area (Å²) in [6.07, 6.45) is 5.29. The van der Waals surface area contributed by atoms with Gasteiger partial charge in [-0.1, -0.05) is 13.8 Å². The number of aromatic nitrogens is 1. The smallest absolute Gasteiger partial charge is 0.409 e. The third kappa shape index (κ3) is 3.12. The maximum Gasteiger partial charge on any atom is 0.409 e. The Hall–Kier alpha value is -1.78. The van der Waals surface area contributed by atoms with E-state index in [4.69, 9.17) is 10.5 Å². The first-order valence-corrected chi connectivity index (χ1v) is 7.45. The Kier molecular flexibility index (Phi) is 4.70. The van der Waals surface area contributed by atoms with E-state index in [0.29, 0.717) is 17.8 Å². The Morgan fingerprint density at radius 1 is 1.38 bits per heavy atom. The van der Waals surface area contributed by atoms with E-state index in [1.165, 1.54) is 12.7 Å². The predicted octanol–water partition coefficient (Wildman–Crippen LogP) is 2.88. The van der Waals surface area contributed by atoms with Crippen LogP contribution in [-0.4, -0.2) is 36.2 Å². The van der Waals surface area contributed by atoms with Gasteiger partial charge in [0.1, 0.15) is 0 Å². The number of ether oxygens (including phenoxy) is 1. The predicted molar refractivity (Wildman–Crippen MR) is 82.9 cm³/mol. The second-order valence-corrected chi connectivity index (χ2v) is 6.20. The molecular formula is C16H25N3O2. The van der Waals surface area contributed by atoms with Crippen molar-refractivity contribution >= 4 is 11.8 Å². The molecule has 4 atom stereocenters. The van der Waals surface area contributed by atoms with Crippen molar-refractivity contribution in [2.45, 2.75) is 38.6 Å². The van der Waals surface area contributed by atoms with Gasteiger partial charge >= 0.3 is 6.09 Å². The van der Waals surface area contributed by atoms with Gasteiger partial charge in [-0.2, -0.15) is 0 Å². The molecule has 0 saturated heterocycles. The number of methoxy groups -OCH3 is 1. The molecule has 1 amide bonds. The van der Waals surface area contributed by atoms with Gasteiger partial charge in [0.05, 0.1) is 19.0 Å². The van der Waals surface area contributed by atoms with Crippen LogP contribution in [0.5, 0.6) is 0 Å². The van der Waals surface area contributed by atoms with Crippen LogP contribution >= 0.6 is 0 Å². The highest BCUT2D eigenvalue weighted by Gasteiger charge is 2.38. The zero-order valence-electron chi connectivity index (χ0n) is 13.2. The van der Waals surface area contributed by atoms with Gasteiger partial charge in [-0.25, -0.2) is 4.79 Å². The van der Waals surface area contributed by atoms with Crippen LogP contribution in [0.25, 0.3) is 0 Å². The summed E-state index contributed by atoms with van der Waals surface area (Å²) in [6.45, 7) is 4.40. The monoisotopic (exact) mass is 291 g/mol. The lowest BCUT2D eigenvalue weighted by molar-refractivity contribution is 0.0623. The molecule has 1 heterocycles. The molecule has 1 aliphatic rings. The van der Waals surface area contributed by atoms with E-state index >= 15 is 0 Å². The second kappa shape index (κ2) is 6.33. The molecule has 116 valence electrons. The minimum atomic E-state index is -0.263. The summed E-state index contributed by atoms with van der Waals surface area (Å²) in [4.78, 5) is 17.6. The largest absolute Gasteiger partial charge is 0.453 e. The van der Waals surface area contributed by atoms with Gasteiger partial charge in [-0.3, -0.25) is 4.98 Å². The summed E-state index contributed by atoms with van der Waals surface area (Å²) in [7, 11) is 3.25. The van der Waals surface area contributed by atoms with Gasteiger partial charge in [0.25, 0.3) is 0 Å². The van der Waals surface area contributed by atoms with Gasteiger partial charge in [0.15, 0.2) is 0 Å². The first-order valence-electron chi connectivity index (χ1n) is 7.45. The van der Waals surface area contributed by atoms with Crippen molar-refractivity contribution in [3.8, 4) is 0 Å². The number of hydrogen-bond donors (Lipinski definition) is 1. The minimum absolute atomic E-state index is 0.205. The summed E-state index contributed by atoms with van der Waals surface area (Å²) >= 11 is 0. The molecule has 5 nitrogen and oxygen atoms in total. The molecule has 0 radical (unpaired) electrons. The maximum atomic E-state index is 11.8. The molecule has 5 heteroatoms. The van der Waals surface area contributed by atoms with Gasteiger partial charge < -0.3 is 15.4 Å². The van der Waals surface area contributed by atoms with E-state index in [1.54, 1.807) is 17.3 Å². The molecule has 21 heavy (non-hydrogen) atoms. The SMILES string of the molecule is COC(=O)N(C)C1[C@H](C)CC(c2ccncc2N)C[C@@H]1C. The summed E-state index contributed by atoms with van der Waals surface area (Å²) in [6, 6.07) is 2.22. The molecule has 1 fully saturated rings. The quantitative estimate of drug-likeness (QED) is 0.909. The first kappa shape index (κ1) is 15.6. The Bertz CT molecular complexity index is 494. The van der Waals surface area contributed by atoms with Crippen LogP contribution in [0.15, 0.2) is 18.5 Å². The summed E-state index contributed by atoms with van der Waals surface area (Å²) in [5.41, 5.74) is 8.01. The Labute approximate surface area is 126 Å².